The van der Waals surface area contributed by atoms with E-state index in [1.165, 1.54) is 47.0 Å². The summed E-state index contributed by atoms with van der Waals surface area (Å²) in [7, 11) is -6.48. The molecule has 0 aliphatic carbocycles. The molecular formula is C22H23N3O7S3. The zero-order valence-electron chi connectivity index (χ0n) is 18.9. The van der Waals surface area contributed by atoms with Crippen molar-refractivity contribution in [2.45, 2.75) is 22.6 Å². The lowest BCUT2D eigenvalue weighted by Gasteiger charge is -2.30. The molecule has 1 saturated heterocycles. The van der Waals surface area contributed by atoms with E-state index in [9.17, 15) is 26.4 Å². The molecule has 1 amide bonds. The second-order valence-corrected chi connectivity index (χ2v) is 13.0. The fourth-order valence-corrected chi connectivity index (χ4v) is 7.88. The topological polar surface area (TPSA) is 140 Å². The number of carbonyl (C=O) groups is 2. The largest absolute Gasteiger partial charge is 0.465 e. The van der Waals surface area contributed by atoms with Gasteiger partial charge in [0.05, 0.1) is 27.8 Å². The highest BCUT2D eigenvalue weighted by molar-refractivity contribution is 7.93. The number of benzene rings is 2. The first kappa shape index (κ1) is 25.2. The van der Waals surface area contributed by atoms with E-state index in [-0.39, 0.29) is 41.6 Å². The van der Waals surface area contributed by atoms with Crippen molar-refractivity contribution in [2.75, 3.05) is 31.8 Å². The van der Waals surface area contributed by atoms with E-state index in [1.54, 1.807) is 18.2 Å². The fraction of sp³-hybridized carbons (Fsp3) is 0.318. The lowest BCUT2D eigenvalue weighted by atomic mass is 9.97. The number of ether oxygens (including phenoxy) is 1. The van der Waals surface area contributed by atoms with Crippen molar-refractivity contribution in [3.63, 3.8) is 0 Å². The average Bonchev–Trinajstić information content (AvgIpc) is 3.24. The summed E-state index contributed by atoms with van der Waals surface area (Å²) in [5.74, 6) is -1.16. The molecule has 0 saturated carbocycles. The predicted molar refractivity (Wildman–Crippen MR) is 131 cm³/mol. The molecule has 0 atom stereocenters. The maximum Gasteiger partial charge on any atom is 0.337 e. The smallest absolute Gasteiger partial charge is 0.337 e. The first-order valence-corrected chi connectivity index (χ1v) is 14.7. The van der Waals surface area contributed by atoms with Crippen LogP contribution in [0.4, 0.5) is 5.13 Å². The van der Waals surface area contributed by atoms with Gasteiger partial charge in [0.25, 0.3) is 0 Å². The third-order valence-electron chi connectivity index (χ3n) is 5.73. The highest BCUT2D eigenvalue weighted by Crippen LogP contribution is 2.30. The van der Waals surface area contributed by atoms with Crippen molar-refractivity contribution in [1.82, 2.24) is 9.29 Å². The highest BCUT2D eigenvalue weighted by Gasteiger charge is 2.34. The number of amides is 1. The van der Waals surface area contributed by atoms with Gasteiger partial charge in [-0.25, -0.2) is 26.6 Å². The number of thiazole rings is 1. The minimum absolute atomic E-state index is 0.0842. The number of nitrogens with zero attached hydrogens (tertiary/aromatic N) is 2. The van der Waals surface area contributed by atoms with Crippen LogP contribution < -0.4 is 5.32 Å². The van der Waals surface area contributed by atoms with Crippen molar-refractivity contribution in [3.05, 3.63) is 48.0 Å². The molecule has 3 aromatic rings. The summed E-state index contributed by atoms with van der Waals surface area (Å²) in [6, 6.07) is 10.4. The molecule has 1 aliphatic rings. The zero-order valence-corrected chi connectivity index (χ0v) is 21.4. The molecule has 0 bridgehead atoms. The average molecular weight is 538 g/mol. The Balaban J connectivity index is 1.44. The van der Waals surface area contributed by atoms with Crippen LogP contribution in [0.2, 0.25) is 0 Å². The summed E-state index contributed by atoms with van der Waals surface area (Å²) < 4.78 is 57.1. The Morgan fingerprint density at radius 1 is 1.06 bits per heavy atom. The Labute approximate surface area is 206 Å². The van der Waals surface area contributed by atoms with Gasteiger partial charge < -0.3 is 10.1 Å². The number of esters is 1. The summed E-state index contributed by atoms with van der Waals surface area (Å²) in [5, 5.41) is 3.16. The maximum absolute atomic E-state index is 13.1. The van der Waals surface area contributed by atoms with E-state index in [0.29, 0.717) is 20.9 Å². The monoisotopic (exact) mass is 537 g/mol. The van der Waals surface area contributed by atoms with E-state index in [4.69, 9.17) is 4.74 Å². The SMILES string of the molecule is COC(=O)c1ccc2nc(NC(=O)C3CCN(S(=O)(=O)c4ccccc4S(C)(=O)=O)CC3)sc2c1. The van der Waals surface area contributed by atoms with Gasteiger partial charge >= 0.3 is 5.97 Å². The molecule has 186 valence electrons. The molecule has 1 fully saturated rings. The van der Waals surface area contributed by atoms with Gasteiger partial charge in [-0.2, -0.15) is 4.31 Å². The van der Waals surface area contributed by atoms with Gasteiger partial charge in [0.2, 0.25) is 15.9 Å². The number of carbonyl (C=O) groups excluding carboxylic acids is 2. The Bertz CT molecular complexity index is 1510. The Morgan fingerprint density at radius 3 is 2.34 bits per heavy atom. The Hall–Kier alpha value is -2.87. The van der Waals surface area contributed by atoms with Gasteiger partial charge in [0, 0.05) is 25.3 Å². The first-order chi connectivity index (χ1) is 16.5. The van der Waals surface area contributed by atoms with Crippen LogP contribution in [-0.2, 0) is 29.4 Å². The van der Waals surface area contributed by atoms with Gasteiger partial charge in [-0.1, -0.05) is 23.5 Å². The van der Waals surface area contributed by atoms with Crippen molar-refractivity contribution in [3.8, 4) is 0 Å². The standard InChI is InChI=1S/C22H23N3O7S3/c1-32-21(27)15-7-8-16-17(13-15)33-22(23-16)24-20(26)14-9-11-25(12-10-14)35(30,31)19-6-4-3-5-18(19)34(2,28)29/h3-8,13-14H,9-12H2,1-2H3,(H,23,24,26). The van der Waals surface area contributed by atoms with E-state index in [0.717, 1.165) is 6.26 Å². The molecule has 13 heteroatoms. The normalized spacial score (nSPS) is 15.7. The van der Waals surface area contributed by atoms with E-state index >= 15 is 0 Å². The van der Waals surface area contributed by atoms with Crippen LogP contribution in [0.25, 0.3) is 10.2 Å². The van der Waals surface area contributed by atoms with Crippen LogP contribution in [-0.4, -0.2) is 64.5 Å². The van der Waals surface area contributed by atoms with E-state index in [2.05, 4.69) is 10.3 Å². The number of sulfone groups is 1. The molecule has 0 unspecified atom stereocenters. The Morgan fingerprint density at radius 2 is 1.71 bits per heavy atom. The van der Waals surface area contributed by atoms with Crippen molar-refractivity contribution in [1.29, 1.82) is 0 Å². The van der Waals surface area contributed by atoms with E-state index in [1.807, 2.05) is 0 Å². The lowest BCUT2D eigenvalue weighted by molar-refractivity contribution is -0.120. The number of hydrogen-bond donors (Lipinski definition) is 1. The number of hydrogen-bond acceptors (Lipinski definition) is 9. The number of aromatic nitrogens is 1. The molecular weight excluding hydrogens is 514 g/mol. The third-order valence-corrected chi connectivity index (χ3v) is 9.91. The van der Waals surface area contributed by atoms with Crippen LogP contribution in [0, 0.1) is 5.92 Å². The maximum atomic E-state index is 13.1. The summed E-state index contributed by atoms with van der Waals surface area (Å²) in [5.41, 5.74) is 1.01. The predicted octanol–water partition coefficient (Wildman–Crippen LogP) is 2.53. The second kappa shape index (κ2) is 9.64. The molecule has 1 N–H and O–H groups in total. The molecule has 1 aromatic heterocycles. The number of piperidine rings is 1. The second-order valence-electron chi connectivity index (χ2n) is 8.08. The van der Waals surface area contributed by atoms with Crippen LogP contribution in [0.15, 0.2) is 52.3 Å². The lowest BCUT2D eigenvalue weighted by Crippen LogP contribution is -2.41. The molecule has 0 radical (unpaired) electrons. The number of anilines is 1. The van der Waals surface area contributed by atoms with Gasteiger partial charge in [-0.15, -0.1) is 0 Å². The van der Waals surface area contributed by atoms with Crippen molar-refractivity contribution < 1.29 is 31.2 Å². The van der Waals surface area contributed by atoms with Crippen LogP contribution in [0.5, 0.6) is 0 Å². The van der Waals surface area contributed by atoms with Crippen LogP contribution in [0.1, 0.15) is 23.2 Å². The fourth-order valence-electron chi connectivity index (χ4n) is 3.90. The molecule has 0 spiro atoms. The minimum atomic E-state index is -4.04. The van der Waals surface area contributed by atoms with Gasteiger partial charge in [0.15, 0.2) is 15.0 Å². The molecule has 4 rings (SSSR count). The summed E-state index contributed by atoms with van der Waals surface area (Å²) in [6.45, 7) is 0.168. The summed E-state index contributed by atoms with van der Waals surface area (Å²) in [6.07, 6.45) is 1.53. The van der Waals surface area contributed by atoms with Gasteiger partial charge in [0.1, 0.15) is 4.90 Å². The summed E-state index contributed by atoms with van der Waals surface area (Å²) >= 11 is 1.22. The van der Waals surface area contributed by atoms with Crippen LogP contribution in [0.3, 0.4) is 0 Å². The number of nitrogens with one attached hydrogen (secondary N) is 1. The van der Waals surface area contributed by atoms with Crippen molar-refractivity contribution in [2.24, 2.45) is 5.92 Å². The van der Waals surface area contributed by atoms with Gasteiger partial charge in [-0.05, 0) is 43.2 Å². The number of sulfonamides is 1. The van der Waals surface area contributed by atoms with Crippen LogP contribution >= 0.6 is 11.3 Å². The number of fused-ring (bicyclic) bond motifs is 1. The molecule has 2 heterocycles. The number of methoxy groups -OCH3 is 1. The van der Waals surface area contributed by atoms with Gasteiger partial charge in [-0.3, -0.25) is 4.79 Å². The molecule has 35 heavy (non-hydrogen) atoms. The Kier molecular flexibility index (Phi) is 6.95. The molecule has 2 aromatic carbocycles. The molecule has 10 nitrogen and oxygen atoms in total. The summed E-state index contributed by atoms with van der Waals surface area (Å²) in [4.78, 5) is 28.4. The van der Waals surface area contributed by atoms with E-state index < -0.39 is 31.7 Å². The quantitative estimate of drug-likeness (QED) is 0.473. The van der Waals surface area contributed by atoms with Crippen molar-refractivity contribution >= 4 is 58.4 Å². The first-order valence-electron chi connectivity index (χ1n) is 10.6. The third kappa shape index (κ3) is 5.22. The highest BCUT2D eigenvalue weighted by atomic mass is 32.2. The zero-order chi connectivity index (χ0) is 25.4. The molecule has 1 aliphatic heterocycles. The minimum Gasteiger partial charge on any atom is -0.465 e. The number of rotatable bonds is 6.